The molecule has 0 saturated carbocycles. The van der Waals surface area contributed by atoms with E-state index in [2.05, 4.69) is 22.6 Å². The number of rotatable bonds is 2. The molecular weight excluding hydrogens is 202 g/mol. The van der Waals surface area contributed by atoms with Crippen LogP contribution in [-0.2, 0) is 0 Å². The van der Waals surface area contributed by atoms with Gasteiger partial charge in [-0.25, -0.2) is 0 Å². The van der Waals surface area contributed by atoms with Crippen LogP contribution in [0.15, 0.2) is 0 Å². The molecule has 0 aromatic heterocycles. The lowest BCUT2D eigenvalue weighted by Gasteiger charge is -2.31. The Balaban J connectivity index is 0.000000980. The highest BCUT2D eigenvalue weighted by Crippen LogP contribution is 2.14. The Hall–Kier alpha value is 0.130. The summed E-state index contributed by atoms with van der Waals surface area (Å²) in [7, 11) is 2.12. The number of aliphatic hydroxyl groups is 1. The quantitative estimate of drug-likeness (QED) is 0.562. The van der Waals surface area contributed by atoms with Crippen molar-refractivity contribution in [2.75, 3.05) is 33.2 Å². The highest BCUT2D eigenvalue weighted by molar-refractivity contribution is 5.85. The predicted octanol–water partition coefficient (Wildman–Crippen LogP) is -0.965. The molecule has 1 unspecified atom stereocenters. The van der Waals surface area contributed by atoms with E-state index in [0.29, 0.717) is 12.1 Å². The van der Waals surface area contributed by atoms with Gasteiger partial charge >= 0.3 is 0 Å². The molecule has 3 N–H and O–H groups in total. The van der Waals surface area contributed by atoms with E-state index in [1.54, 1.807) is 0 Å². The van der Waals surface area contributed by atoms with E-state index in [1.807, 2.05) is 0 Å². The maximum absolute atomic E-state index is 9.70. The first-order chi connectivity index (χ1) is 6.29. The van der Waals surface area contributed by atoms with Gasteiger partial charge in [-0.15, -0.1) is 12.4 Å². The van der Waals surface area contributed by atoms with Crippen LogP contribution in [0.25, 0.3) is 0 Å². The molecule has 2 aliphatic rings. The van der Waals surface area contributed by atoms with Crippen LogP contribution in [0.3, 0.4) is 0 Å². The molecule has 0 spiro atoms. The number of likely N-dealkylation sites (N-methyl/N-ethyl adjacent to an activating group) is 1. The molecule has 84 valence electrons. The van der Waals surface area contributed by atoms with Crippen LogP contribution in [0.5, 0.6) is 0 Å². The van der Waals surface area contributed by atoms with Crippen LogP contribution in [0.4, 0.5) is 0 Å². The second kappa shape index (κ2) is 5.28. The SMILES string of the molecule is CN(C1CCNC1)[C@@H]1CNC[C@H]1O.Cl. The third kappa shape index (κ3) is 2.38. The van der Waals surface area contributed by atoms with Crippen molar-refractivity contribution >= 4 is 12.4 Å². The minimum absolute atomic E-state index is 0. The van der Waals surface area contributed by atoms with Gasteiger partial charge in [-0.05, 0) is 20.0 Å². The van der Waals surface area contributed by atoms with Crippen molar-refractivity contribution in [1.82, 2.24) is 15.5 Å². The van der Waals surface area contributed by atoms with Crippen molar-refractivity contribution in [3.8, 4) is 0 Å². The fraction of sp³-hybridized carbons (Fsp3) is 1.00. The third-order valence-corrected chi connectivity index (χ3v) is 3.28. The first-order valence-electron chi connectivity index (χ1n) is 5.10. The molecule has 2 saturated heterocycles. The molecule has 0 radical (unpaired) electrons. The maximum Gasteiger partial charge on any atom is 0.0831 e. The molecule has 0 aromatic carbocycles. The zero-order valence-electron chi connectivity index (χ0n) is 8.57. The Morgan fingerprint density at radius 3 is 2.50 bits per heavy atom. The van der Waals surface area contributed by atoms with E-state index in [9.17, 15) is 5.11 Å². The van der Waals surface area contributed by atoms with Crippen LogP contribution < -0.4 is 10.6 Å². The molecule has 4 nitrogen and oxygen atoms in total. The van der Waals surface area contributed by atoms with Crippen LogP contribution in [0, 0.1) is 0 Å². The molecule has 2 heterocycles. The number of β-amino-alcohol motifs (C(OH)–C–C–N with tert-alkyl or cyclic N) is 1. The summed E-state index contributed by atoms with van der Waals surface area (Å²) in [4.78, 5) is 2.32. The third-order valence-electron chi connectivity index (χ3n) is 3.28. The second-order valence-corrected chi connectivity index (χ2v) is 4.11. The van der Waals surface area contributed by atoms with E-state index < -0.39 is 0 Å². The van der Waals surface area contributed by atoms with Crippen molar-refractivity contribution < 1.29 is 5.11 Å². The summed E-state index contributed by atoms with van der Waals surface area (Å²) >= 11 is 0. The van der Waals surface area contributed by atoms with Crippen LogP contribution in [0.1, 0.15) is 6.42 Å². The normalized spacial score (nSPS) is 37.5. The molecule has 0 amide bonds. The Labute approximate surface area is 91.5 Å². The van der Waals surface area contributed by atoms with Crippen molar-refractivity contribution in [3.63, 3.8) is 0 Å². The lowest BCUT2D eigenvalue weighted by molar-refractivity contribution is 0.0780. The van der Waals surface area contributed by atoms with Gasteiger partial charge in [-0.2, -0.15) is 0 Å². The lowest BCUT2D eigenvalue weighted by atomic mass is 10.1. The monoisotopic (exact) mass is 221 g/mol. The number of halogens is 1. The van der Waals surface area contributed by atoms with Crippen molar-refractivity contribution in [2.45, 2.75) is 24.6 Å². The standard InChI is InChI=1S/C9H19N3O.ClH/c1-12(7-2-3-10-4-7)8-5-11-6-9(8)13;/h7-11,13H,2-6H2,1H3;1H/t7?,8-,9-;/m1./s1. The minimum atomic E-state index is -0.189. The number of aliphatic hydroxyl groups excluding tert-OH is 1. The van der Waals surface area contributed by atoms with Gasteiger partial charge in [0, 0.05) is 31.7 Å². The Kier molecular flexibility index (Phi) is 4.60. The maximum atomic E-state index is 9.70. The summed E-state index contributed by atoms with van der Waals surface area (Å²) in [5, 5.41) is 16.3. The molecule has 0 bridgehead atoms. The van der Waals surface area contributed by atoms with Crippen LogP contribution in [-0.4, -0.2) is 61.4 Å². The molecule has 14 heavy (non-hydrogen) atoms. The molecule has 2 aliphatic heterocycles. The Bertz CT molecular complexity index is 175. The van der Waals surface area contributed by atoms with E-state index in [4.69, 9.17) is 0 Å². The number of nitrogens with one attached hydrogen (secondary N) is 2. The number of nitrogens with zero attached hydrogens (tertiary/aromatic N) is 1. The van der Waals surface area contributed by atoms with Gasteiger partial charge in [0.05, 0.1) is 6.10 Å². The summed E-state index contributed by atoms with van der Waals surface area (Å²) in [5.41, 5.74) is 0. The molecular formula is C9H20ClN3O. The van der Waals surface area contributed by atoms with Gasteiger partial charge in [0.25, 0.3) is 0 Å². The summed E-state index contributed by atoms with van der Waals surface area (Å²) in [6, 6.07) is 0.921. The smallest absolute Gasteiger partial charge is 0.0831 e. The second-order valence-electron chi connectivity index (χ2n) is 4.11. The topological polar surface area (TPSA) is 47.5 Å². The fourth-order valence-corrected chi connectivity index (χ4v) is 2.32. The van der Waals surface area contributed by atoms with Gasteiger partial charge in [-0.1, -0.05) is 0 Å². The predicted molar refractivity (Wildman–Crippen MR) is 59.0 cm³/mol. The van der Waals surface area contributed by atoms with E-state index in [-0.39, 0.29) is 18.5 Å². The summed E-state index contributed by atoms with van der Waals surface area (Å²) in [5.74, 6) is 0. The average Bonchev–Trinajstić information content (AvgIpc) is 2.72. The van der Waals surface area contributed by atoms with Gasteiger partial charge < -0.3 is 15.7 Å². The molecule has 2 rings (SSSR count). The van der Waals surface area contributed by atoms with Gasteiger partial charge in [0.2, 0.25) is 0 Å². The average molecular weight is 222 g/mol. The fourth-order valence-electron chi connectivity index (χ4n) is 2.32. The lowest BCUT2D eigenvalue weighted by Crippen LogP contribution is -2.47. The largest absolute Gasteiger partial charge is 0.390 e. The van der Waals surface area contributed by atoms with Gasteiger partial charge in [-0.3, -0.25) is 4.90 Å². The van der Waals surface area contributed by atoms with Crippen LogP contribution in [0.2, 0.25) is 0 Å². The first-order valence-corrected chi connectivity index (χ1v) is 5.10. The first kappa shape index (κ1) is 12.2. The van der Waals surface area contributed by atoms with E-state index in [0.717, 1.165) is 26.2 Å². The molecule has 2 fully saturated rings. The Morgan fingerprint density at radius 2 is 2.00 bits per heavy atom. The Morgan fingerprint density at radius 1 is 1.21 bits per heavy atom. The molecule has 5 heteroatoms. The minimum Gasteiger partial charge on any atom is -0.390 e. The molecule has 0 aromatic rings. The zero-order chi connectivity index (χ0) is 9.26. The summed E-state index contributed by atoms with van der Waals surface area (Å²) in [6.07, 6.45) is 1.02. The highest BCUT2D eigenvalue weighted by atomic mass is 35.5. The van der Waals surface area contributed by atoms with E-state index in [1.165, 1.54) is 6.42 Å². The summed E-state index contributed by atoms with van der Waals surface area (Å²) in [6.45, 7) is 3.86. The zero-order valence-corrected chi connectivity index (χ0v) is 9.39. The van der Waals surface area contributed by atoms with Gasteiger partial charge in [0.1, 0.15) is 0 Å². The van der Waals surface area contributed by atoms with Crippen molar-refractivity contribution in [1.29, 1.82) is 0 Å². The number of hydrogen-bond donors (Lipinski definition) is 3. The van der Waals surface area contributed by atoms with Gasteiger partial charge in [0.15, 0.2) is 0 Å². The number of hydrogen-bond acceptors (Lipinski definition) is 4. The molecule has 3 atom stereocenters. The van der Waals surface area contributed by atoms with Crippen molar-refractivity contribution in [3.05, 3.63) is 0 Å². The van der Waals surface area contributed by atoms with Crippen LogP contribution >= 0.6 is 12.4 Å². The molecule has 0 aliphatic carbocycles. The summed E-state index contributed by atoms with van der Waals surface area (Å²) < 4.78 is 0. The van der Waals surface area contributed by atoms with Crippen molar-refractivity contribution in [2.24, 2.45) is 0 Å². The van der Waals surface area contributed by atoms with E-state index >= 15 is 0 Å². The highest BCUT2D eigenvalue weighted by Gasteiger charge is 2.32.